The molecule has 0 aromatic heterocycles. The molecular formula is C25H26ClN3O4. The third-order valence-corrected chi connectivity index (χ3v) is 7.34. The van der Waals surface area contributed by atoms with Gasteiger partial charge in [0.15, 0.2) is 0 Å². The van der Waals surface area contributed by atoms with Gasteiger partial charge in [-0.05, 0) is 81.6 Å². The van der Waals surface area contributed by atoms with Crippen LogP contribution in [0, 0.1) is 12.8 Å². The first-order valence-corrected chi connectivity index (χ1v) is 11.7. The number of hydrogen-bond donors (Lipinski definition) is 2. The number of hydrogen-bond acceptors (Lipinski definition) is 5. The van der Waals surface area contributed by atoms with Gasteiger partial charge in [-0.25, -0.2) is 4.79 Å². The predicted molar refractivity (Wildman–Crippen MR) is 125 cm³/mol. The van der Waals surface area contributed by atoms with Crippen LogP contribution in [0.15, 0.2) is 36.4 Å². The molecule has 2 N–H and O–H groups in total. The van der Waals surface area contributed by atoms with Crippen LogP contribution in [0.2, 0.25) is 5.02 Å². The molecule has 0 radical (unpaired) electrons. The Morgan fingerprint density at radius 3 is 2.76 bits per heavy atom. The van der Waals surface area contributed by atoms with Crippen molar-refractivity contribution in [1.29, 1.82) is 0 Å². The van der Waals surface area contributed by atoms with E-state index >= 15 is 0 Å². The lowest BCUT2D eigenvalue weighted by molar-refractivity contribution is -0.135. The van der Waals surface area contributed by atoms with Gasteiger partial charge in [0.05, 0.1) is 18.1 Å². The van der Waals surface area contributed by atoms with E-state index < -0.39 is 17.4 Å². The first kappa shape index (κ1) is 21.9. The Hall–Kier alpha value is -2.90. The van der Waals surface area contributed by atoms with Crippen molar-refractivity contribution < 1.29 is 19.1 Å². The number of ether oxygens (including phenoxy) is 1. The number of aryl methyl sites for hydroxylation is 1. The molecule has 33 heavy (non-hydrogen) atoms. The standard InChI is InChI=1S/C25H26ClN3O4/c1-3-33-23(31)15-6-8-17(9-7-15)27-22(30)20-13-18-5-4-10-29(18)25(20)19-12-16(26)11-14(2)21(19)28-24(25)32/h6-9,11-12,18,20H,3-5,10,13H2,1-2H3,(H,27,30)(H,28,32)/t18-,20-,25+/m0/s1. The summed E-state index contributed by atoms with van der Waals surface area (Å²) in [5.41, 5.74) is 2.35. The lowest BCUT2D eigenvalue weighted by Crippen LogP contribution is -2.53. The molecule has 0 aliphatic carbocycles. The van der Waals surface area contributed by atoms with Crippen LogP contribution in [0.4, 0.5) is 11.4 Å². The zero-order valence-corrected chi connectivity index (χ0v) is 19.4. The summed E-state index contributed by atoms with van der Waals surface area (Å²) >= 11 is 6.40. The molecule has 172 valence electrons. The first-order chi connectivity index (χ1) is 15.9. The fraction of sp³-hybridized carbons (Fsp3) is 0.400. The molecule has 1 spiro atoms. The highest BCUT2D eigenvalue weighted by Crippen LogP contribution is 2.56. The molecule has 3 heterocycles. The normalized spacial score (nSPS) is 25.6. The number of nitrogens with zero attached hydrogens (tertiary/aromatic N) is 1. The molecule has 2 aromatic carbocycles. The van der Waals surface area contributed by atoms with Gasteiger partial charge in [0, 0.05) is 28.0 Å². The molecule has 3 aliphatic rings. The number of fused-ring (bicyclic) bond motifs is 4. The van der Waals surface area contributed by atoms with Crippen LogP contribution in [0.25, 0.3) is 0 Å². The fourth-order valence-corrected chi connectivity index (χ4v) is 6.06. The van der Waals surface area contributed by atoms with Crippen LogP contribution in [-0.2, 0) is 19.9 Å². The largest absolute Gasteiger partial charge is 0.462 e. The van der Waals surface area contributed by atoms with Gasteiger partial charge in [-0.3, -0.25) is 14.5 Å². The van der Waals surface area contributed by atoms with Crippen LogP contribution >= 0.6 is 11.6 Å². The summed E-state index contributed by atoms with van der Waals surface area (Å²) in [6.45, 7) is 4.73. The maximum atomic E-state index is 13.6. The van der Waals surface area contributed by atoms with Crippen molar-refractivity contribution in [1.82, 2.24) is 4.90 Å². The molecule has 5 rings (SSSR count). The van der Waals surface area contributed by atoms with E-state index in [-0.39, 0.29) is 17.9 Å². The number of esters is 1. The molecule has 8 heteroatoms. The van der Waals surface area contributed by atoms with Crippen molar-refractivity contribution in [3.05, 3.63) is 58.1 Å². The highest BCUT2D eigenvalue weighted by atomic mass is 35.5. The molecular weight excluding hydrogens is 442 g/mol. The minimum absolute atomic E-state index is 0.162. The van der Waals surface area contributed by atoms with Crippen LogP contribution < -0.4 is 10.6 Å². The number of amides is 2. The molecule has 2 saturated heterocycles. The smallest absolute Gasteiger partial charge is 0.338 e. The number of rotatable bonds is 4. The van der Waals surface area contributed by atoms with Gasteiger partial charge in [0.2, 0.25) is 11.8 Å². The average Bonchev–Trinajstić information content (AvgIpc) is 3.44. The predicted octanol–water partition coefficient (Wildman–Crippen LogP) is 4.10. The zero-order valence-electron chi connectivity index (χ0n) is 18.6. The van der Waals surface area contributed by atoms with E-state index in [1.165, 1.54) is 0 Å². The molecule has 2 aromatic rings. The monoisotopic (exact) mass is 467 g/mol. The summed E-state index contributed by atoms with van der Waals surface area (Å²) in [6.07, 6.45) is 2.56. The Balaban J connectivity index is 1.49. The Labute approximate surface area is 197 Å². The van der Waals surface area contributed by atoms with Gasteiger partial charge in [-0.2, -0.15) is 0 Å². The van der Waals surface area contributed by atoms with Crippen molar-refractivity contribution in [3.8, 4) is 0 Å². The van der Waals surface area contributed by atoms with E-state index in [2.05, 4.69) is 15.5 Å². The average molecular weight is 468 g/mol. The second-order valence-corrected chi connectivity index (χ2v) is 9.37. The molecule has 2 amide bonds. The number of benzene rings is 2. The summed E-state index contributed by atoms with van der Waals surface area (Å²) in [6, 6.07) is 10.4. The van der Waals surface area contributed by atoms with E-state index in [0.29, 0.717) is 29.3 Å². The van der Waals surface area contributed by atoms with E-state index in [0.717, 1.165) is 36.2 Å². The third-order valence-electron chi connectivity index (χ3n) is 7.12. The number of halogens is 1. The quantitative estimate of drug-likeness (QED) is 0.661. The van der Waals surface area contributed by atoms with Gasteiger partial charge < -0.3 is 15.4 Å². The van der Waals surface area contributed by atoms with Crippen LogP contribution in [0.3, 0.4) is 0 Å². The lowest BCUT2D eigenvalue weighted by atomic mass is 9.78. The third kappa shape index (κ3) is 3.33. The van der Waals surface area contributed by atoms with Crippen LogP contribution in [0.5, 0.6) is 0 Å². The second kappa shape index (κ2) is 8.15. The lowest BCUT2D eigenvalue weighted by Gasteiger charge is -2.36. The van der Waals surface area contributed by atoms with Crippen molar-refractivity contribution in [2.45, 2.75) is 44.7 Å². The SMILES string of the molecule is CCOC(=O)c1ccc(NC(=O)[C@@H]2C[C@@H]3CCCN3[C@@]23C(=O)Nc2c(C)cc(Cl)cc23)cc1. The molecule has 3 aliphatic heterocycles. The van der Waals surface area contributed by atoms with E-state index in [1.807, 2.05) is 19.1 Å². The number of anilines is 2. The van der Waals surface area contributed by atoms with Gasteiger partial charge in [-0.1, -0.05) is 11.6 Å². The van der Waals surface area contributed by atoms with E-state index in [9.17, 15) is 14.4 Å². The Morgan fingerprint density at radius 2 is 2.03 bits per heavy atom. The summed E-state index contributed by atoms with van der Waals surface area (Å²) in [5, 5.41) is 6.57. The number of carbonyl (C=O) groups is 3. The van der Waals surface area contributed by atoms with Crippen molar-refractivity contribution >= 4 is 40.8 Å². The zero-order chi connectivity index (χ0) is 23.3. The molecule has 2 fully saturated rings. The highest BCUT2D eigenvalue weighted by Gasteiger charge is 2.65. The summed E-state index contributed by atoms with van der Waals surface area (Å²) in [5.74, 6) is -1.34. The minimum Gasteiger partial charge on any atom is -0.462 e. The van der Waals surface area contributed by atoms with E-state index in [1.54, 1.807) is 31.2 Å². The molecule has 0 unspecified atom stereocenters. The Morgan fingerprint density at radius 1 is 1.27 bits per heavy atom. The highest BCUT2D eigenvalue weighted by molar-refractivity contribution is 6.31. The van der Waals surface area contributed by atoms with Crippen molar-refractivity contribution in [2.75, 3.05) is 23.8 Å². The molecule has 7 nitrogen and oxygen atoms in total. The first-order valence-electron chi connectivity index (χ1n) is 11.3. The van der Waals surface area contributed by atoms with Gasteiger partial charge in [-0.15, -0.1) is 0 Å². The second-order valence-electron chi connectivity index (χ2n) is 8.93. The Bertz CT molecular complexity index is 1150. The summed E-state index contributed by atoms with van der Waals surface area (Å²) < 4.78 is 5.01. The molecule has 0 saturated carbocycles. The topological polar surface area (TPSA) is 87.7 Å². The van der Waals surface area contributed by atoms with Crippen LogP contribution in [0.1, 0.15) is 47.7 Å². The minimum atomic E-state index is -1.07. The maximum absolute atomic E-state index is 13.6. The maximum Gasteiger partial charge on any atom is 0.338 e. The van der Waals surface area contributed by atoms with Crippen LogP contribution in [-0.4, -0.2) is 41.9 Å². The molecule has 3 atom stereocenters. The fourth-order valence-electron chi connectivity index (χ4n) is 5.79. The summed E-state index contributed by atoms with van der Waals surface area (Å²) in [4.78, 5) is 41.3. The number of carbonyl (C=O) groups excluding carboxylic acids is 3. The van der Waals surface area contributed by atoms with Crippen molar-refractivity contribution in [3.63, 3.8) is 0 Å². The Kier molecular flexibility index (Phi) is 5.41. The van der Waals surface area contributed by atoms with Gasteiger partial charge in [0.25, 0.3) is 0 Å². The molecule has 0 bridgehead atoms. The number of nitrogens with one attached hydrogen (secondary N) is 2. The van der Waals surface area contributed by atoms with Gasteiger partial charge >= 0.3 is 5.97 Å². The van der Waals surface area contributed by atoms with Crippen molar-refractivity contribution in [2.24, 2.45) is 5.92 Å². The summed E-state index contributed by atoms with van der Waals surface area (Å²) in [7, 11) is 0. The van der Waals surface area contributed by atoms with Gasteiger partial charge in [0.1, 0.15) is 5.54 Å². The van der Waals surface area contributed by atoms with E-state index in [4.69, 9.17) is 16.3 Å².